The first-order valence-electron chi connectivity index (χ1n) is 4.40. The molecule has 0 saturated heterocycles. The van der Waals surface area contributed by atoms with Gasteiger partial charge in [0.15, 0.2) is 0 Å². The van der Waals surface area contributed by atoms with Crippen LogP contribution in [0, 0.1) is 0 Å². The molecule has 96 valence electrons. The van der Waals surface area contributed by atoms with Gasteiger partial charge >= 0.3 is 13.8 Å². The van der Waals surface area contributed by atoms with Crippen molar-refractivity contribution in [1.29, 1.82) is 0 Å². The number of hydrogen-bond acceptors (Lipinski definition) is 4. The fourth-order valence-electron chi connectivity index (χ4n) is 0.502. The Kier molecular flexibility index (Phi) is 10.5. The van der Waals surface area contributed by atoms with Crippen molar-refractivity contribution in [2.45, 2.75) is 19.8 Å². The van der Waals surface area contributed by atoms with Gasteiger partial charge in [-0.05, 0) is 19.8 Å². The van der Waals surface area contributed by atoms with Crippen molar-refractivity contribution in [3.8, 4) is 0 Å². The maximum atomic E-state index is 10.7. The monoisotopic (exact) mass is 256 g/mol. The van der Waals surface area contributed by atoms with Gasteiger partial charge in [-0.3, -0.25) is 0 Å². The highest BCUT2D eigenvalue weighted by molar-refractivity contribution is 7.45. The molecule has 0 saturated carbocycles. The van der Waals surface area contributed by atoms with Gasteiger partial charge in [-0.1, -0.05) is 6.58 Å². The fourth-order valence-corrected chi connectivity index (χ4v) is 0.502. The molecule has 0 aromatic carbocycles. The number of phosphoric acid groups is 1. The lowest BCUT2D eigenvalue weighted by atomic mass is 10.3. The summed E-state index contributed by atoms with van der Waals surface area (Å²) in [6, 6.07) is 0. The molecule has 4 N–H and O–H groups in total. The van der Waals surface area contributed by atoms with Crippen LogP contribution in [0.4, 0.5) is 0 Å². The molecule has 0 aliphatic heterocycles. The highest BCUT2D eigenvalue weighted by atomic mass is 31.2. The molecule has 0 atom stereocenters. The molecule has 0 bridgehead atoms. The quantitative estimate of drug-likeness (QED) is 0.235. The minimum absolute atomic E-state index is 0.143. The second-order valence-corrected chi connectivity index (χ2v) is 3.89. The normalized spacial score (nSPS) is 10.1. The van der Waals surface area contributed by atoms with Gasteiger partial charge < -0.3 is 24.5 Å². The molecule has 8 heteroatoms. The second-order valence-electron chi connectivity index (χ2n) is 2.86. The third-order valence-corrected chi connectivity index (χ3v) is 1.13. The molecule has 0 unspecified atom stereocenters. The van der Waals surface area contributed by atoms with Crippen LogP contribution in [0.3, 0.4) is 0 Å². The number of aliphatic hydroxyl groups is 1. The van der Waals surface area contributed by atoms with Crippen molar-refractivity contribution in [3.63, 3.8) is 0 Å². The third-order valence-electron chi connectivity index (χ3n) is 1.13. The van der Waals surface area contributed by atoms with Gasteiger partial charge in [-0.2, -0.15) is 0 Å². The van der Waals surface area contributed by atoms with Crippen LogP contribution in [0.1, 0.15) is 19.8 Å². The van der Waals surface area contributed by atoms with E-state index in [2.05, 4.69) is 6.58 Å². The van der Waals surface area contributed by atoms with Crippen molar-refractivity contribution in [2.24, 2.45) is 0 Å². The van der Waals surface area contributed by atoms with E-state index in [1.54, 1.807) is 6.92 Å². The molecule has 0 aliphatic rings. The van der Waals surface area contributed by atoms with Crippen LogP contribution >= 0.6 is 7.82 Å². The van der Waals surface area contributed by atoms with E-state index >= 15 is 0 Å². The van der Waals surface area contributed by atoms with Crippen molar-refractivity contribution >= 4 is 13.8 Å². The number of ether oxygens (including phenoxy) is 1. The molecule has 0 rings (SSSR count). The molecule has 0 radical (unpaired) electrons. The van der Waals surface area contributed by atoms with Crippen molar-refractivity contribution in [3.05, 3.63) is 12.2 Å². The average molecular weight is 256 g/mol. The maximum absolute atomic E-state index is 10.7. The molecular weight excluding hydrogens is 239 g/mol. The first kappa shape index (κ1) is 17.7. The summed E-state index contributed by atoms with van der Waals surface area (Å²) in [5, 5.41) is 8.38. The topological polar surface area (TPSA) is 124 Å². The molecule has 0 heterocycles. The van der Waals surface area contributed by atoms with Crippen molar-refractivity contribution in [2.75, 3.05) is 13.2 Å². The van der Waals surface area contributed by atoms with Crippen LogP contribution in [-0.4, -0.2) is 39.0 Å². The summed E-state index contributed by atoms with van der Waals surface area (Å²) in [6.07, 6.45) is 1.37. The highest BCUT2D eigenvalue weighted by Crippen LogP contribution is 2.25. The lowest BCUT2D eigenvalue weighted by Crippen LogP contribution is -2.06. The fraction of sp³-hybridized carbons (Fsp3) is 0.625. The van der Waals surface area contributed by atoms with Crippen molar-refractivity contribution in [1.82, 2.24) is 0 Å². The average Bonchev–Trinajstić information content (AvgIpc) is 2.09. The standard InChI is InChI=1S/C8H14O3.H3O4P/c1-7(2)8(10)11-6-4-3-5-9;1-5(2,3)4/h9H,1,3-6H2,2H3;(H3,1,2,3,4). The maximum Gasteiger partial charge on any atom is 0.466 e. The first-order chi connectivity index (χ1) is 7.18. The summed E-state index contributed by atoms with van der Waals surface area (Å²) in [4.78, 5) is 32.3. The second kappa shape index (κ2) is 9.50. The zero-order valence-electron chi connectivity index (χ0n) is 9.00. The Balaban J connectivity index is 0. The summed E-state index contributed by atoms with van der Waals surface area (Å²) in [5.74, 6) is -0.358. The Hall–Kier alpha value is -0.720. The largest absolute Gasteiger partial charge is 0.466 e. The lowest BCUT2D eigenvalue weighted by molar-refractivity contribution is -0.139. The van der Waals surface area contributed by atoms with Crippen molar-refractivity contribution < 1.29 is 33.9 Å². The van der Waals surface area contributed by atoms with E-state index in [-0.39, 0.29) is 12.6 Å². The lowest BCUT2D eigenvalue weighted by Gasteiger charge is -2.01. The minimum atomic E-state index is -4.64. The van der Waals surface area contributed by atoms with Crippen LogP contribution in [-0.2, 0) is 14.1 Å². The smallest absolute Gasteiger partial charge is 0.462 e. The number of unbranched alkanes of at least 4 members (excludes halogenated alkanes) is 1. The van der Waals surface area contributed by atoms with Gasteiger partial charge in [0.2, 0.25) is 0 Å². The SMILES string of the molecule is C=C(C)C(=O)OCCCCO.O=P(O)(O)O. The Morgan fingerprint density at radius 1 is 1.31 bits per heavy atom. The molecule has 0 amide bonds. The van der Waals surface area contributed by atoms with E-state index in [4.69, 9.17) is 29.1 Å². The zero-order chi connectivity index (χ0) is 13.2. The number of carbonyl (C=O) groups excluding carboxylic acids is 1. The van der Waals surface area contributed by atoms with E-state index in [0.717, 1.165) is 0 Å². The summed E-state index contributed by atoms with van der Waals surface area (Å²) < 4.78 is 13.6. The summed E-state index contributed by atoms with van der Waals surface area (Å²) in [6.45, 7) is 5.55. The van der Waals surface area contributed by atoms with Gasteiger partial charge in [0, 0.05) is 12.2 Å². The van der Waals surface area contributed by atoms with Gasteiger partial charge in [-0.25, -0.2) is 9.36 Å². The predicted molar refractivity (Wildman–Crippen MR) is 56.4 cm³/mol. The Bertz CT molecular complexity index is 249. The molecule has 0 aromatic heterocycles. The third kappa shape index (κ3) is 23.3. The highest BCUT2D eigenvalue weighted by Gasteiger charge is 2.01. The van der Waals surface area contributed by atoms with Gasteiger partial charge in [-0.15, -0.1) is 0 Å². The molecule has 0 fully saturated rings. The minimum Gasteiger partial charge on any atom is -0.462 e. The predicted octanol–water partition coefficient (Wildman–Crippen LogP) is -0.0504. The molecule has 0 aromatic rings. The van der Waals surface area contributed by atoms with E-state index in [9.17, 15) is 4.79 Å². The van der Waals surface area contributed by atoms with Crippen LogP contribution in [0.5, 0.6) is 0 Å². The van der Waals surface area contributed by atoms with Gasteiger partial charge in [0.05, 0.1) is 6.61 Å². The van der Waals surface area contributed by atoms with Crippen LogP contribution in [0.25, 0.3) is 0 Å². The summed E-state index contributed by atoms with van der Waals surface area (Å²) in [7, 11) is -4.64. The van der Waals surface area contributed by atoms with Gasteiger partial charge in [0.25, 0.3) is 0 Å². The number of rotatable bonds is 5. The number of carbonyl (C=O) groups is 1. The Labute approximate surface area is 93.6 Å². The molecule has 7 nitrogen and oxygen atoms in total. The molecule has 0 spiro atoms. The van der Waals surface area contributed by atoms with E-state index in [1.807, 2.05) is 0 Å². The number of esters is 1. The van der Waals surface area contributed by atoms with E-state index in [1.165, 1.54) is 0 Å². The Morgan fingerprint density at radius 2 is 1.75 bits per heavy atom. The van der Waals surface area contributed by atoms with Crippen LogP contribution in [0.2, 0.25) is 0 Å². The van der Waals surface area contributed by atoms with Gasteiger partial charge in [0.1, 0.15) is 0 Å². The zero-order valence-corrected chi connectivity index (χ0v) is 9.89. The molecule has 16 heavy (non-hydrogen) atoms. The molecular formula is C8H17O7P. The number of hydrogen-bond donors (Lipinski definition) is 4. The number of aliphatic hydroxyl groups excluding tert-OH is 1. The Morgan fingerprint density at radius 3 is 2.06 bits per heavy atom. The van der Waals surface area contributed by atoms with Crippen LogP contribution < -0.4 is 0 Å². The summed E-state index contributed by atoms with van der Waals surface area (Å²) >= 11 is 0. The molecule has 0 aliphatic carbocycles. The first-order valence-corrected chi connectivity index (χ1v) is 5.96. The van der Waals surface area contributed by atoms with E-state index in [0.29, 0.717) is 25.0 Å². The van der Waals surface area contributed by atoms with E-state index < -0.39 is 7.82 Å². The van der Waals surface area contributed by atoms with Crippen LogP contribution in [0.15, 0.2) is 12.2 Å². The summed E-state index contributed by atoms with van der Waals surface area (Å²) in [5.41, 5.74) is 0.411.